The van der Waals surface area contributed by atoms with Crippen LogP contribution in [0.15, 0.2) is 41.7 Å². The van der Waals surface area contributed by atoms with Gasteiger partial charge in [0.25, 0.3) is 0 Å². The van der Waals surface area contributed by atoms with Crippen molar-refractivity contribution in [1.82, 2.24) is 20.0 Å². The molecule has 8 nitrogen and oxygen atoms in total. The predicted octanol–water partition coefficient (Wildman–Crippen LogP) is 2.18. The molecule has 0 unspecified atom stereocenters. The second-order valence-corrected chi connectivity index (χ2v) is 7.02. The number of aryl methyl sites for hydroxylation is 1. The summed E-state index contributed by atoms with van der Waals surface area (Å²) in [6.45, 7) is 4.37. The minimum Gasteiger partial charge on any atom is -0.406 e. The number of nitrogens with one attached hydrogen (secondary N) is 1. The maximum atomic E-state index is 12.6. The Morgan fingerprint density at radius 2 is 2.00 bits per heavy atom. The fourth-order valence-electron chi connectivity index (χ4n) is 3.25. The second kappa shape index (κ2) is 9.71. The van der Waals surface area contributed by atoms with Crippen LogP contribution in [0.4, 0.5) is 18.9 Å². The Kier molecular flexibility index (Phi) is 7.03. The number of guanidine groups is 1. The SMILES string of the molecule is CCNC(=NCCc1ccc(OC(F)(F)F)cc1)N1CCN(c2cnn(C)c2)C(=O)C1. The first-order valence-corrected chi connectivity index (χ1v) is 9.92. The van der Waals surface area contributed by atoms with E-state index in [0.29, 0.717) is 38.6 Å². The molecule has 0 saturated carbocycles. The third-order valence-electron chi connectivity index (χ3n) is 4.68. The molecule has 3 rings (SSSR count). The monoisotopic (exact) mass is 438 g/mol. The Hall–Kier alpha value is -3.24. The van der Waals surface area contributed by atoms with Crippen LogP contribution in [0.25, 0.3) is 0 Å². The third-order valence-corrected chi connectivity index (χ3v) is 4.68. The number of benzene rings is 1. The molecule has 31 heavy (non-hydrogen) atoms. The van der Waals surface area contributed by atoms with Gasteiger partial charge in [-0.2, -0.15) is 5.10 Å². The van der Waals surface area contributed by atoms with E-state index in [1.54, 1.807) is 41.2 Å². The summed E-state index contributed by atoms with van der Waals surface area (Å²) in [6.07, 6.45) is -0.689. The molecular weight excluding hydrogens is 413 g/mol. The van der Waals surface area contributed by atoms with E-state index in [4.69, 9.17) is 0 Å². The first-order chi connectivity index (χ1) is 14.7. The molecule has 0 spiro atoms. The van der Waals surface area contributed by atoms with E-state index < -0.39 is 6.36 Å². The molecule has 0 bridgehead atoms. The van der Waals surface area contributed by atoms with E-state index in [1.165, 1.54) is 12.1 Å². The van der Waals surface area contributed by atoms with Crippen LogP contribution in [0.2, 0.25) is 0 Å². The van der Waals surface area contributed by atoms with E-state index in [2.05, 4.69) is 20.1 Å². The summed E-state index contributed by atoms with van der Waals surface area (Å²) >= 11 is 0. The number of piperazine rings is 1. The second-order valence-electron chi connectivity index (χ2n) is 7.02. The molecule has 0 atom stereocenters. The third kappa shape index (κ3) is 6.37. The maximum absolute atomic E-state index is 12.6. The van der Waals surface area contributed by atoms with Crippen LogP contribution in [0.1, 0.15) is 12.5 Å². The number of aromatic nitrogens is 2. The minimum atomic E-state index is -4.70. The number of alkyl halides is 3. The molecule has 1 amide bonds. The van der Waals surface area contributed by atoms with Gasteiger partial charge >= 0.3 is 6.36 Å². The molecule has 168 valence electrons. The highest BCUT2D eigenvalue weighted by Crippen LogP contribution is 2.23. The number of ether oxygens (including phenoxy) is 1. The molecule has 1 aromatic carbocycles. The van der Waals surface area contributed by atoms with Gasteiger partial charge in [-0.1, -0.05) is 12.1 Å². The summed E-state index contributed by atoms with van der Waals surface area (Å²) in [5.74, 6) is 0.349. The van der Waals surface area contributed by atoms with Crippen molar-refractivity contribution >= 4 is 17.6 Å². The molecule has 2 heterocycles. The summed E-state index contributed by atoms with van der Waals surface area (Å²) in [5.41, 5.74) is 1.61. The molecule has 11 heteroatoms. The van der Waals surface area contributed by atoms with E-state index >= 15 is 0 Å². The van der Waals surface area contributed by atoms with Crippen LogP contribution >= 0.6 is 0 Å². The Morgan fingerprint density at radius 1 is 1.26 bits per heavy atom. The summed E-state index contributed by atoms with van der Waals surface area (Å²) in [6, 6.07) is 5.74. The van der Waals surface area contributed by atoms with Crippen molar-refractivity contribution in [2.45, 2.75) is 19.7 Å². The largest absolute Gasteiger partial charge is 0.573 e. The van der Waals surface area contributed by atoms with Gasteiger partial charge in [0.05, 0.1) is 11.9 Å². The minimum absolute atomic E-state index is 0.0369. The number of halogens is 3. The number of anilines is 1. The molecule has 1 fully saturated rings. The van der Waals surface area contributed by atoms with E-state index in [1.807, 2.05) is 11.8 Å². The Balaban J connectivity index is 1.57. The van der Waals surface area contributed by atoms with Gasteiger partial charge in [-0.3, -0.25) is 14.5 Å². The molecule has 1 aliphatic rings. The van der Waals surface area contributed by atoms with Gasteiger partial charge in [0, 0.05) is 39.4 Å². The lowest BCUT2D eigenvalue weighted by Crippen LogP contribution is -2.55. The number of aliphatic imine (C=N–C) groups is 1. The predicted molar refractivity (Wildman–Crippen MR) is 110 cm³/mol. The molecule has 1 N–H and O–H groups in total. The number of carbonyl (C=O) groups is 1. The van der Waals surface area contributed by atoms with Gasteiger partial charge < -0.3 is 19.9 Å². The van der Waals surface area contributed by atoms with Crippen LogP contribution in [0, 0.1) is 0 Å². The lowest BCUT2D eigenvalue weighted by atomic mass is 10.1. The number of hydrogen-bond donors (Lipinski definition) is 1. The van der Waals surface area contributed by atoms with Crippen LogP contribution < -0.4 is 15.0 Å². The number of nitrogens with zero attached hydrogens (tertiary/aromatic N) is 5. The number of amides is 1. The Labute approximate surface area is 178 Å². The topological polar surface area (TPSA) is 75.0 Å². The van der Waals surface area contributed by atoms with Gasteiger partial charge in [0.1, 0.15) is 12.3 Å². The lowest BCUT2D eigenvalue weighted by molar-refractivity contribution is -0.274. The molecule has 0 aliphatic carbocycles. The molecule has 0 radical (unpaired) electrons. The highest BCUT2D eigenvalue weighted by molar-refractivity contribution is 5.98. The summed E-state index contributed by atoms with van der Waals surface area (Å²) in [7, 11) is 1.80. The summed E-state index contributed by atoms with van der Waals surface area (Å²) in [4.78, 5) is 20.8. The van der Waals surface area contributed by atoms with Gasteiger partial charge in [-0.25, -0.2) is 0 Å². The van der Waals surface area contributed by atoms with Crippen LogP contribution in [-0.4, -0.2) is 65.6 Å². The fraction of sp³-hybridized carbons (Fsp3) is 0.450. The Bertz CT molecular complexity index is 910. The first kappa shape index (κ1) is 22.4. The van der Waals surface area contributed by atoms with Crippen molar-refractivity contribution in [3.8, 4) is 5.75 Å². The van der Waals surface area contributed by atoms with E-state index in [9.17, 15) is 18.0 Å². The molecule has 1 aromatic heterocycles. The first-order valence-electron chi connectivity index (χ1n) is 9.92. The number of rotatable bonds is 6. The van der Waals surface area contributed by atoms with Crippen molar-refractivity contribution in [1.29, 1.82) is 0 Å². The normalized spacial score (nSPS) is 15.4. The van der Waals surface area contributed by atoms with Gasteiger partial charge in [-0.05, 0) is 31.0 Å². The van der Waals surface area contributed by atoms with Crippen molar-refractivity contribution in [2.75, 3.05) is 37.6 Å². The van der Waals surface area contributed by atoms with E-state index in [0.717, 1.165) is 11.3 Å². The zero-order chi connectivity index (χ0) is 22.4. The summed E-state index contributed by atoms with van der Waals surface area (Å²) < 4.78 is 42.3. The number of carbonyl (C=O) groups excluding carboxylic acids is 1. The maximum Gasteiger partial charge on any atom is 0.573 e. The van der Waals surface area contributed by atoms with Crippen LogP contribution in [-0.2, 0) is 18.3 Å². The van der Waals surface area contributed by atoms with Gasteiger partial charge in [-0.15, -0.1) is 13.2 Å². The molecule has 2 aromatic rings. The Morgan fingerprint density at radius 3 is 2.58 bits per heavy atom. The quantitative estimate of drug-likeness (QED) is 0.553. The molecular formula is C20H25F3N6O2. The van der Waals surface area contributed by atoms with Crippen LogP contribution in [0.5, 0.6) is 5.75 Å². The van der Waals surface area contributed by atoms with Crippen molar-refractivity contribution in [3.05, 3.63) is 42.2 Å². The zero-order valence-electron chi connectivity index (χ0n) is 17.4. The van der Waals surface area contributed by atoms with Crippen molar-refractivity contribution < 1.29 is 22.7 Å². The lowest BCUT2D eigenvalue weighted by Gasteiger charge is -2.35. The zero-order valence-corrected chi connectivity index (χ0v) is 17.4. The summed E-state index contributed by atoms with van der Waals surface area (Å²) in [5, 5.41) is 7.31. The molecule has 1 saturated heterocycles. The van der Waals surface area contributed by atoms with Crippen LogP contribution in [0.3, 0.4) is 0 Å². The fourth-order valence-corrected chi connectivity index (χ4v) is 3.25. The average Bonchev–Trinajstić information content (AvgIpc) is 3.13. The van der Waals surface area contributed by atoms with Crippen molar-refractivity contribution in [2.24, 2.45) is 12.0 Å². The highest BCUT2D eigenvalue weighted by Gasteiger charge is 2.31. The van der Waals surface area contributed by atoms with E-state index in [-0.39, 0.29) is 18.2 Å². The van der Waals surface area contributed by atoms with Gasteiger partial charge in [0.2, 0.25) is 5.91 Å². The number of hydrogen-bond acceptors (Lipinski definition) is 4. The van der Waals surface area contributed by atoms with Crippen molar-refractivity contribution in [3.63, 3.8) is 0 Å². The average molecular weight is 438 g/mol. The molecule has 1 aliphatic heterocycles. The standard InChI is InChI=1S/C20H25F3N6O2/c1-3-24-19(25-9-8-15-4-6-17(7-5-15)31-20(21,22)23)28-10-11-29(18(30)14-28)16-12-26-27(2)13-16/h4-7,12-13H,3,8-11,14H2,1-2H3,(H,24,25). The van der Waals surface area contributed by atoms with Gasteiger partial charge in [0.15, 0.2) is 5.96 Å². The highest BCUT2D eigenvalue weighted by atomic mass is 19.4. The smallest absolute Gasteiger partial charge is 0.406 e.